The van der Waals surface area contributed by atoms with Crippen molar-refractivity contribution in [2.24, 2.45) is 0 Å². The summed E-state index contributed by atoms with van der Waals surface area (Å²) in [7, 11) is 3.26. The highest BCUT2D eigenvalue weighted by atomic mass is 32.1. The average Bonchev–Trinajstić information content (AvgIpc) is 3.03. The maximum atomic E-state index is 12.8. The van der Waals surface area contributed by atoms with Crippen molar-refractivity contribution in [3.05, 3.63) is 28.8 Å². The van der Waals surface area contributed by atoms with Crippen LogP contribution in [0.1, 0.15) is 28.7 Å². The normalized spacial score (nSPS) is 11.7. The number of aromatic nitrogens is 2. The van der Waals surface area contributed by atoms with Crippen LogP contribution in [-0.4, -0.2) is 34.7 Å². The quantitative estimate of drug-likeness (QED) is 0.856. The van der Waals surface area contributed by atoms with Crippen molar-refractivity contribution in [2.75, 3.05) is 14.1 Å². The van der Waals surface area contributed by atoms with E-state index in [-0.39, 0.29) is 5.91 Å². The van der Waals surface area contributed by atoms with Crippen LogP contribution >= 0.6 is 11.3 Å². The van der Waals surface area contributed by atoms with E-state index >= 15 is 0 Å². The van der Waals surface area contributed by atoms with Crippen LogP contribution < -0.4 is 0 Å². The van der Waals surface area contributed by atoms with Gasteiger partial charge in [-0.25, -0.2) is 0 Å². The topological polar surface area (TPSA) is 38.1 Å². The van der Waals surface area contributed by atoms with Crippen molar-refractivity contribution < 1.29 is 18.0 Å². The van der Waals surface area contributed by atoms with Gasteiger partial charge >= 0.3 is 6.18 Å². The van der Waals surface area contributed by atoms with E-state index < -0.39 is 11.9 Å². The second-order valence-electron chi connectivity index (χ2n) is 5.00. The summed E-state index contributed by atoms with van der Waals surface area (Å²) in [6, 6.07) is 4.31. The molecule has 0 bridgehead atoms. The number of carbonyl (C=O) groups is 1. The lowest BCUT2D eigenvalue weighted by molar-refractivity contribution is -0.141. The Morgan fingerprint density at radius 1 is 1.36 bits per heavy atom. The summed E-state index contributed by atoms with van der Waals surface area (Å²) >= 11 is 1.17. The second kappa shape index (κ2) is 6.12. The Kier molecular flexibility index (Phi) is 4.60. The van der Waals surface area contributed by atoms with Gasteiger partial charge in [-0.2, -0.15) is 18.3 Å². The number of carbonyl (C=O) groups excluding carboxylic acids is 1. The Bertz CT molecular complexity index is 673. The standard InChI is InChI=1S/C14H16F3N3OS/c1-4-7-20-9(8-12(18-20)14(15,16)17)10-5-6-11(22-10)13(21)19(2)3/h5-6,8H,4,7H2,1-3H3. The summed E-state index contributed by atoms with van der Waals surface area (Å²) in [5, 5.41) is 3.64. The third-order valence-corrected chi connectivity index (χ3v) is 4.08. The fourth-order valence-electron chi connectivity index (χ4n) is 1.95. The first-order valence-electron chi connectivity index (χ1n) is 6.71. The highest BCUT2D eigenvalue weighted by Gasteiger charge is 2.35. The molecule has 2 heterocycles. The van der Waals surface area contributed by atoms with Crippen LogP contribution in [0.4, 0.5) is 13.2 Å². The molecule has 0 aromatic carbocycles. The molecule has 0 saturated carbocycles. The molecule has 2 rings (SSSR count). The molecule has 0 atom stereocenters. The van der Waals surface area contributed by atoms with Gasteiger partial charge in [0.25, 0.3) is 5.91 Å². The van der Waals surface area contributed by atoms with Crippen molar-refractivity contribution in [3.63, 3.8) is 0 Å². The number of amides is 1. The van der Waals surface area contributed by atoms with Crippen LogP contribution in [0, 0.1) is 0 Å². The first kappa shape index (κ1) is 16.5. The number of halogens is 3. The number of rotatable bonds is 4. The number of hydrogen-bond donors (Lipinski definition) is 0. The summed E-state index contributed by atoms with van der Waals surface area (Å²) in [5.74, 6) is -0.172. The van der Waals surface area contributed by atoms with E-state index in [2.05, 4.69) is 5.10 Å². The van der Waals surface area contributed by atoms with E-state index in [0.29, 0.717) is 28.4 Å². The van der Waals surface area contributed by atoms with Gasteiger partial charge in [0.2, 0.25) is 0 Å². The Morgan fingerprint density at radius 2 is 2.05 bits per heavy atom. The van der Waals surface area contributed by atoms with Crippen LogP contribution in [0.25, 0.3) is 10.6 Å². The number of thiophene rings is 1. The lowest BCUT2D eigenvalue weighted by atomic mass is 10.3. The minimum atomic E-state index is -4.48. The van der Waals surface area contributed by atoms with Gasteiger partial charge in [0, 0.05) is 20.6 Å². The third-order valence-electron chi connectivity index (χ3n) is 2.98. The molecular formula is C14H16F3N3OS. The smallest absolute Gasteiger partial charge is 0.344 e. The van der Waals surface area contributed by atoms with Crippen molar-refractivity contribution in [3.8, 4) is 10.6 Å². The van der Waals surface area contributed by atoms with Crippen molar-refractivity contribution >= 4 is 17.2 Å². The summed E-state index contributed by atoms with van der Waals surface area (Å²) in [5.41, 5.74) is -0.526. The molecule has 8 heteroatoms. The SMILES string of the molecule is CCCn1nc(C(F)(F)F)cc1-c1ccc(C(=O)N(C)C)s1. The first-order chi connectivity index (χ1) is 10.2. The molecule has 0 spiro atoms. The predicted molar refractivity (Wildman–Crippen MR) is 78.9 cm³/mol. The van der Waals surface area contributed by atoms with Crippen LogP contribution in [-0.2, 0) is 12.7 Å². The molecule has 0 fully saturated rings. The first-order valence-corrected chi connectivity index (χ1v) is 7.52. The van der Waals surface area contributed by atoms with Gasteiger partial charge in [0.15, 0.2) is 5.69 Å². The molecule has 0 aliphatic rings. The maximum Gasteiger partial charge on any atom is 0.435 e. The predicted octanol–water partition coefficient (Wildman–Crippen LogP) is 3.74. The van der Waals surface area contributed by atoms with Gasteiger partial charge in [-0.3, -0.25) is 9.48 Å². The Hall–Kier alpha value is -1.83. The molecule has 0 saturated heterocycles. The van der Waals surface area contributed by atoms with E-state index in [0.717, 1.165) is 6.07 Å². The van der Waals surface area contributed by atoms with E-state index in [1.54, 1.807) is 26.2 Å². The van der Waals surface area contributed by atoms with Crippen molar-refractivity contribution in [1.29, 1.82) is 0 Å². The number of aryl methyl sites for hydroxylation is 1. The Morgan fingerprint density at radius 3 is 2.59 bits per heavy atom. The maximum absolute atomic E-state index is 12.8. The average molecular weight is 331 g/mol. The monoisotopic (exact) mass is 331 g/mol. The Labute approximate surface area is 130 Å². The van der Waals surface area contributed by atoms with Gasteiger partial charge in [0.05, 0.1) is 15.4 Å². The number of alkyl halides is 3. The lowest BCUT2D eigenvalue weighted by Crippen LogP contribution is -2.20. The molecule has 2 aromatic heterocycles. The molecule has 2 aromatic rings. The highest BCUT2D eigenvalue weighted by Crippen LogP contribution is 2.34. The zero-order valence-electron chi connectivity index (χ0n) is 12.4. The summed E-state index contributed by atoms with van der Waals surface area (Å²) < 4.78 is 39.9. The van der Waals surface area contributed by atoms with Crippen LogP contribution in [0.2, 0.25) is 0 Å². The molecule has 0 aliphatic heterocycles. The van der Waals surface area contributed by atoms with Gasteiger partial charge in [-0.1, -0.05) is 6.92 Å². The second-order valence-corrected chi connectivity index (χ2v) is 6.08. The van der Waals surface area contributed by atoms with Gasteiger partial charge < -0.3 is 4.90 Å². The minimum Gasteiger partial charge on any atom is -0.344 e. The largest absolute Gasteiger partial charge is 0.435 e. The third kappa shape index (κ3) is 3.32. The molecule has 0 radical (unpaired) electrons. The molecule has 22 heavy (non-hydrogen) atoms. The summed E-state index contributed by atoms with van der Waals surface area (Å²) in [6.07, 6.45) is -3.81. The highest BCUT2D eigenvalue weighted by molar-refractivity contribution is 7.17. The Balaban J connectivity index is 2.43. The molecular weight excluding hydrogens is 315 g/mol. The van der Waals surface area contributed by atoms with Crippen molar-refractivity contribution in [1.82, 2.24) is 14.7 Å². The molecule has 1 amide bonds. The van der Waals surface area contributed by atoms with Crippen LogP contribution in [0.5, 0.6) is 0 Å². The summed E-state index contributed by atoms with van der Waals surface area (Å²) in [4.78, 5) is 14.4. The summed E-state index contributed by atoms with van der Waals surface area (Å²) in [6.45, 7) is 2.26. The lowest BCUT2D eigenvalue weighted by Gasteiger charge is -2.07. The van der Waals surface area contributed by atoms with Crippen LogP contribution in [0.15, 0.2) is 18.2 Å². The molecule has 0 N–H and O–H groups in total. The van der Waals surface area contributed by atoms with Crippen molar-refractivity contribution in [2.45, 2.75) is 26.1 Å². The zero-order chi connectivity index (χ0) is 16.5. The molecule has 0 unspecified atom stereocenters. The molecule has 0 aliphatic carbocycles. The number of nitrogens with zero attached hydrogens (tertiary/aromatic N) is 3. The molecule has 4 nitrogen and oxygen atoms in total. The van der Waals surface area contributed by atoms with Gasteiger partial charge in [-0.15, -0.1) is 11.3 Å². The fourth-order valence-corrected chi connectivity index (χ4v) is 2.99. The van der Waals surface area contributed by atoms with E-state index in [1.807, 2.05) is 6.92 Å². The minimum absolute atomic E-state index is 0.172. The van der Waals surface area contributed by atoms with E-state index in [9.17, 15) is 18.0 Å². The van der Waals surface area contributed by atoms with E-state index in [1.165, 1.54) is 20.9 Å². The van der Waals surface area contributed by atoms with Gasteiger partial charge in [0.1, 0.15) is 0 Å². The fraction of sp³-hybridized carbons (Fsp3) is 0.429. The number of hydrogen-bond acceptors (Lipinski definition) is 3. The van der Waals surface area contributed by atoms with Gasteiger partial charge in [-0.05, 0) is 24.6 Å². The van der Waals surface area contributed by atoms with E-state index in [4.69, 9.17) is 0 Å². The van der Waals surface area contributed by atoms with Crippen LogP contribution in [0.3, 0.4) is 0 Å². The zero-order valence-corrected chi connectivity index (χ0v) is 13.3. The molecule has 120 valence electrons.